The molecule has 35 heavy (non-hydrogen) atoms. The van der Waals surface area contributed by atoms with Crippen molar-refractivity contribution < 1.29 is 19.0 Å². The Morgan fingerprint density at radius 3 is 2.77 bits per heavy atom. The van der Waals surface area contributed by atoms with Crippen LogP contribution in [-0.4, -0.2) is 49.3 Å². The molecule has 5 nitrogen and oxygen atoms in total. The van der Waals surface area contributed by atoms with E-state index < -0.39 is 5.60 Å². The summed E-state index contributed by atoms with van der Waals surface area (Å²) in [4.78, 5) is 15.0. The number of halogens is 1. The number of amides is 1. The predicted octanol–water partition coefficient (Wildman–Crippen LogP) is 4.64. The minimum Gasteiger partial charge on any atom is -0.385 e. The molecule has 0 bridgehead atoms. The van der Waals surface area contributed by atoms with Crippen molar-refractivity contribution in [3.8, 4) is 11.1 Å². The van der Waals surface area contributed by atoms with E-state index in [1.54, 1.807) is 13.2 Å². The van der Waals surface area contributed by atoms with Crippen LogP contribution in [0.25, 0.3) is 11.1 Å². The maximum absolute atomic E-state index is 15.4. The number of nitrogens with zero attached hydrogens (tertiary/aromatic N) is 1. The maximum Gasteiger partial charge on any atom is 0.226 e. The molecule has 2 fully saturated rings. The molecule has 2 aliphatic rings. The quantitative estimate of drug-likeness (QED) is 0.484. The van der Waals surface area contributed by atoms with E-state index in [-0.39, 0.29) is 29.5 Å². The Bertz CT molecular complexity index is 1030. The third-order valence-corrected chi connectivity index (χ3v) is 7.89. The zero-order valence-corrected chi connectivity index (χ0v) is 21.0. The SMILES string of the molecule is COCCCC[C@@](O)(c1cccc(F)c1-c1cccc(C)c1)[C@@H]1CCCN(C(=O)[C@@H]2C[C@H]2CN)C1. The number of carbonyl (C=O) groups is 1. The van der Waals surface area contributed by atoms with E-state index in [1.807, 2.05) is 42.2 Å². The summed E-state index contributed by atoms with van der Waals surface area (Å²) in [7, 11) is 1.67. The van der Waals surface area contributed by atoms with Crippen molar-refractivity contribution in [2.24, 2.45) is 23.5 Å². The number of rotatable bonds is 10. The molecule has 4 atom stereocenters. The molecular formula is C29H39FN2O3. The second-order valence-electron chi connectivity index (χ2n) is 10.4. The third kappa shape index (κ3) is 5.60. The van der Waals surface area contributed by atoms with E-state index in [0.29, 0.717) is 43.8 Å². The molecule has 1 amide bonds. The van der Waals surface area contributed by atoms with Crippen LogP contribution < -0.4 is 5.73 Å². The first kappa shape index (κ1) is 25.8. The van der Waals surface area contributed by atoms with Crippen molar-refractivity contribution in [3.05, 3.63) is 59.4 Å². The number of hydrogen-bond donors (Lipinski definition) is 2. The van der Waals surface area contributed by atoms with Gasteiger partial charge in [0.15, 0.2) is 0 Å². The van der Waals surface area contributed by atoms with Gasteiger partial charge in [-0.1, -0.05) is 42.0 Å². The fourth-order valence-electron chi connectivity index (χ4n) is 5.79. The lowest BCUT2D eigenvalue weighted by atomic mass is 9.72. The molecule has 4 rings (SSSR count). The number of piperidine rings is 1. The molecule has 190 valence electrons. The van der Waals surface area contributed by atoms with Crippen molar-refractivity contribution in [3.63, 3.8) is 0 Å². The Hall–Kier alpha value is -2.28. The van der Waals surface area contributed by atoms with Gasteiger partial charge in [0.1, 0.15) is 5.82 Å². The molecule has 1 saturated heterocycles. The molecule has 1 heterocycles. The van der Waals surface area contributed by atoms with Gasteiger partial charge >= 0.3 is 0 Å². The van der Waals surface area contributed by atoms with Crippen LogP contribution in [0, 0.1) is 30.5 Å². The fraction of sp³-hybridized carbons (Fsp3) is 0.552. The van der Waals surface area contributed by atoms with Gasteiger partial charge in [0.2, 0.25) is 5.91 Å². The van der Waals surface area contributed by atoms with Crippen LogP contribution in [0.4, 0.5) is 4.39 Å². The number of nitrogens with two attached hydrogens (primary N) is 1. The number of benzene rings is 2. The summed E-state index contributed by atoms with van der Waals surface area (Å²) in [5.41, 5.74) is 7.40. The second kappa shape index (κ2) is 11.2. The Balaban J connectivity index is 1.69. The summed E-state index contributed by atoms with van der Waals surface area (Å²) in [5.74, 6) is -0.0540. The summed E-state index contributed by atoms with van der Waals surface area (Å²) in [6, 6.07) is 12.8. The monoisotopic (exact) mass is 482 g/mol. The highest BCUT2D eigenvalue weighted by Gasteiger charge is 2.47. The number of hydrogen-bond acceptors (Lipinski definition) is 4. The van der Waals surface area contributed by atoms with E-state index in [2.05, 4.69) is 0 Å². The zero-order chi connectivity index (χ0) is 25.0. The van der Waals surface area contributed by atoms with Gasteiger partial charge in [-0.2, -0.15) is 0 Å². The second-order valence-corrected chi connectivity index (χ2v) is 10.4. The third-order valence-electron chi connectivity index (χ3n) is 7.89. The number of methoxy groups -OCH3 is 1. The van der Waals surface area contributed by atoms with Gasteiger partial charge in [0.05, 0.1) is 5.60 Å². The van der Waals surface area contributed by atoms with Gasteiger partial charge in [-0.3, -0.25) is 4.79 Å². The Morgan fingerprint density at radius 1 is 1.26 bits per heavy atom. The fourth-order valence-corrected chi connectivity index (χ4v) is 5.79. The molecule has 6 heteroatoms. The molecule has 1 saturated carbocycles. The van der Waals surface area contributed by atoms with Crippen LogP contribution in [0.5, 0.6) is 0 Å². The summed E-state index contributed by atoms with van der Waals surface area (Å²) < 4.78 is 20.6. The topological polar surface area (TPSA) is 75.8 Å². The number of aliphatic hydroxyl groups is 1. The first-order valence-electron chi connectivity index (χ1n) is 12.9. The van der Waals surface area contributed by atoms with Crippen LogP contribution in [0.3, 0.4) is 0 Å². The lowest BCUT2D eigenvalue weighted by Crippen LogP contribution is -2.49. The molecule has 1 aliphatic carbocycles. The highest BCUT2D eigenvalue weighted by molar-refractivity contribution is 5.82. The van der Waals surface area contributed by atoms with Gasteiger partial charge in [-0.25, -0.2) is 4.39 Å². The summed E-state index contributed by atoms with van der Waals surface area (Å²) >= 11 is 0. The zero-order valence-electron chi connectivity index (χ0n) is 21.0. The lowest BCUT2D eigenvalue weighted by molar-refractivity contribution is -0.138. The standard InChI is InChI=1S/C29H39FN2O3/c1-20-8-5-9-21(16-20)27-25(11-6-12-26(27)30)29(34,13-3-4-15-35-2)23-10-7-14-32(19-23)28(33)24-17-22(24)18-31/h5-6,8-9,11-12,16,22-24,34H,3-4,7,10,13-15,17-19,31H2,1-2H3/t22-,23+,24+,29-/m0/s1. The van der Waals surface area contributed by atoms with Crippen LogP contribution in [0.1, 0.15) is 49.7 Å². The van der Waals surface area contributed by atoms with Crippen LogP contribution in [0.2, 0.25) is 0 Å². The minimum atomic E-state index is -1.26. The smallest absolute Gasteiger partial charge is 0.226 e. The van der Waals surface area contributed by atoms with Crippen molar-refractivity contribution >= 4 is 5.91 Å². The molecule has 0 aromatic heterocycles. The first-order chi connectivity index (χ1) is 16.9. The number of likely N-dealkylation sites (tertiary alicyclic amines) is 1. The molecule has 1 aliphatic heterocycles. The number of unbranched alkanes of at least 4 members (excludes halogenated alkanes) is 1. The van der Waals surface area contributed by atoms with Crippen molar-refractivity contribution in [1.82, 2.24) is 4.90 Å². The van der Waals surface area contributed by atoms with E-state index in [1.165, 1.54) is 6.07 Å². The Morgan fingerprint density at radius 2 is 2.06 bits per heavy atom. The Labute approximate surface area is 208 Å². The van der Waals surface area contributed by atoms with Crippen LogP contribution in [-0.2, 0) is 15.1 Å². The Kier molecular flexibility index (Phi) is 8.25. The molecular weight excluding hydrogens is 443 g/mol. The molecule has 0 unspecified atom stereocenters. The summed E-state index contributed by atoms with van der Waals surface area (Å²) in [5, 5.41) is 12.4. The molecule has 3 N–H and O–H groups in total. The maximum atomic E-state index is 15.4. The highest BCUT2D eigenvalue weighted by atomic mass is 19.1. The van der Waals surface area contributed by atoms with E-state index >= 15 is 4.39 Å². The number of ether oxygens (including phenoxy) is 1. The van der Waals surface area contributed by atoms with Gasteiger partial charge in [0, 0.05) is 44.2 Å². The normalized spacial score (nSPS) is 23.7. The number of carbonyl (C=O) groups excluding carboxylic acids is 1. The van der Waals surface area contributed by atoms with Gasteiger partial charge in [-0.05, 0) is 75.1 Å². The van der Waals surface area contributed by atoms with Crippen LogP contribution in [0.15, 0.2) is 42.5 Å². The van der Waals surface area contributed by atoms with Crippen molar-refractivity contribution in [2.75, 3.05) is 33.4 Å². The van der Waals surface area contributed by atoms with Gasteiger partial charge in [0.25, 0.3) is 0 Å². The average Bonchev–Trinajstić information content (AvgIpc) is 3.66. The van der Waals surface area contributed by atoms with Crippen molar-refractivity contribution in [2.45, 2.75) is 51.0 Å². The van der Waals surface area contributed by atoms with E-state index in [4.69, 9.17) is 10.5 Å². The lowest BCUT2D eigenvalue weighted by Gasteiger charge is -2.44. The van der Waals surface area contributed by atoms with Gasteiger partial charge < -0.3 is 20.5 Å². The summed E-state index contributed by atoms with van der Waals surface area (Å²) in [6.07, 6.45) is 4.52. The minimum absolute atomic E-state index is 0.0190. The molecule has 0 spiro atoms. The summed E-state index contributed by atoms with van der Waals surface area (Å²) in [6.45, 7) is 4.33. The van der Waals surface area contributed by atoms with E-state index in [9.17, 15) is 9.90 Å². The van der Waals surface area contributed by atoms with Crippen molar-refractivity contribution in [1.29, 1.82) is 0 Å². The molecule has 2 aromatic carbocycles. The van der Waals surface area contributed by atoms with E-state index in [0.717, 1.165) is 43.2 Å². The largest absolute Gasteiger partial charge is 0.385 e. The molecule has 0 radical (unpaired) electrons. The highest BCUT2D eigenvalue weighted by Crippen LogP contribution is 2.46. The predicted molar refractivity (Wildman–Crippen MR) is 136 cm³/mol. The average molecular weight is 483 g/mol. The van der Waals surface area contributed by atoms with Crippen LogP contribution >= 0.6 is 0 Å². The molecule has 2 aromatic rings. The van der Waals surface area contributed by atoms with Gasteiger partial charge in [-0.15, -0.1) is 0 Å². The first-order valence-corrected chi connectivity index (χ1v) is 12.9. The number of aryl methyl sites for hydroxylation is 1.